The Morgan fingerprint density at radius 2 is 1.45 bits per heavy atom. The highest BCUT2D eigenvalue weighted by molar-refractivity contribution is 7.80. The van der Waals surface area contributed by atoms with Crippen molar-refractivity contribution in [2.24, 2.45) is 0 Å². The van der Waals surface area contributed by atoms with Crippen LogP contribution in [0.4, 0.5) is 16.0 Å². The number of rotatable bonds is 6. The molecule has 0 spiro atoms. The van der Waals surface area contributed by atoms with E-state index in [0.717, 1.165) is 5.56 Å². The molecule has 2 heterocycles. The maximum Gasteiger partial charge on any atom is 0.177 e. The van der Waals surface area contributed by atoms with Crippen molar-refractivity contribution >= 4 is 75.4 Å². The first-order valence-corrected chi connectivity index (χ1v) is 11.4. The summed E-state index contributed by atoms with van der Waals surface area (Å²) in [5.74, 6) is 0.418. The third kappa shape index (κ3) is 5.77. The van der Waals surface area contributed by atoms with Gasteiger partial charge in [0.15, 0.2) is 16.7 Å². The molecular weight excluding hydrogens is 529 g/mol. The van der Waals surface area contributed by atoms with E-state index in [2.05, 4.69) is 20.8 Å². The summed E-state index contributed by atoms with van der Waals surface area (Å²) >= 11 is 30.2. The van der Waals surface area contributed by atoms with Gasteiger partial charge < -0.3 is 10.6 Å². The molecule has 4 aromatic rings. The van der Waals surface area contributed by atoms with Gasteiger partial charge in [0.25, 0.3) is 0 Å². The summed E-state index contributed by atoms with van der Waals surface area (Å²) in [5, 5.41) is 16.6. The lowest BCUT2D eigenvalue weighted by Crippen LogP contribution is -2.20. The Morgan fingerprint density at radius 3 is 2.15 bits per heavy atom. The largest absolute Gasteiger partial charge is 0.316 e. The molecule has 0 radical (unpaired) electrons. The summed E-state index contributed by atoms with van der Waals surface area (Å²) in [6, 6.07) is 11.5. The van der Waals surface area contributed by atoms with E-state index in [1.54, 1.807) is 58.2 Å². The highest BCUT2D eigenvalue weighted by Gasteiger charge is 2.13. The molecule has 0 atom stereocenters. The van der Waals surface area contributed by atoms with Crippen molar-refractivity contribution in [2.45, 2.75) is 13.1 Å². The lowest BCUT2D eigenvalue weighted by Gasteiger charge is -2.08. The van der Waals surface area contributed by atoms with Crippen LogP contribution in [-0.2, 0) is 13.1 Å². The van der Waals surface area contributed by atoms with E-state index < -0.39 is 5.82 Å². The van der Waals surface area contributed by atoms with Crippen molar-refractivity contribution in [3.8, 4) is 0 Å². The fourth-order valence-corrected chi connectivity index (χ4v) is 4.16. The van der Waals surface area contributed by atoms with E-state index in [0.29, 0.717) is 43.8 Å². The van der Waals surface area contributed by atoms with Gasteiger partial charge in [-0.05, 0) is 36.5 Å². The van der Waals surface area contributed by atoms with E-state index in [9.17, 15) is 4.39 Å². The molecule has 170 valence electrons. The lowest BCUT2D eigenvalue weighted by molar-refractivity contribution is 0.586. The van der Waals surface area contributed by atoms with Crippen LogP contribution in [-0.4, -0.2) is 24.7 Å². The number of hydrogen-bond donors (Lipinski definition) is 2. The van der Waals surface area contributed by atoms with Crippen LogP contribution in [0.1, 0.15) is 11.1 Å². The molecule has 0 bridgehead atoms. The monoisotopic (exact) mass is 542 g/mol. The zero-order chi connectivity index (χ0) is 23.5. The van der Waals surface area contributed by atoms with Gasteiger partial charge in [-0.3, -0.25) is 9.36 Å². The SMILES string of the molecule is Fc1cccc(Cl)c1Cn1ccc(NC(=S)Nc2nn(Cc3c(Cl)cccc3Cl)cc2Cl)n1. The van der Waals surface area contributed by atoms with Crippen molar-refractivity contribution < 1.29 is 4.39 Å². The number of benzene rings is 2. The van der Waals surface area contributed by atoms with Gasteiger partial charge in [-0.1, -0.05) is 58.5 Å². The lowest BCUT2D eigenvalue weighted by atomic mass is 10.2. The van der Waals surface area contributed by atoms with Crippen molar-refractivity contribution in [2.75, 3.05) is 10.6 Å². The molecule has 0 aliphatic heterocycles. The molecule has 12 heteroatoms. The van der Waals surface area contributed by atoms with Crippen LogP contribution < -0.4 is 10.6 Å². The average Bonchev–Trinajstić information content (AvgIpc) is 3.33. The van der Waals surface area contributed by atoms with Gasteiger partial charge in [-0.15, -0.1) is 0 Å². The van der Waals surface area contributed by atoms with E-state index in [-0.39, 0.29) is 11.7 Å². The minimum atomic E-state index is -0.395. The van der Waals surface area contributed by atoms with Gasteiger partial charge in [0.1, 0.15) is 10.8 Å². The zero-order valence-electron chi connectivity index (χ0n) is 16.7. The first kappa shape index (κ1) is 23.8. The van der Waals surface area contributed by atoms with Crippen LogP contribution >= 0.6 is 58.6 Å². The average molecular weight is 544 g/mol. The molecule has 0 saturated carbocycles. The fourth-order valence-electron chi connectivity index (χ4n) is 3.03. The topological polar surface area (TPSA) is 59.7 Å². The maximum absolute atomic E-state index is 14.0. The number of hydrogen-bond acceptors (Lipinski definition) is 3. The van der Waals surface area contributed by atoms with Crippen molar-refractivity contribution in [3.63, 3.8) is 0 Å². The summed E-state index contributed by atoms with van der Waals surface area (Å²) < 4.78 is 17.2. The highest BCUT2D eigenvalue weighted by Crippen LogP contribution is 2.27. The Kier molecular flexibility index (Phi) is 7.41. The van der Waals surface area contributed by atoms with Crippen LogP contribution in [0, 0.1) is 5.82 Å². The third-order valence-corrected chi connectivity index (χ3v) is 6.14. The molecule has 2 aromatic carbocycles. The van der Waals surface area contributed by atoms with Gasteiger partial charge in [-0.2, -0.15) is 10.2 Å². The summed E-state index contributed by atoms with van der Waals surface area (Å²) in [6.07, 6.45) is 3.32. The van der Waals surface area contributed by atoms with Crippen LogP contribution in [0.3, 0.4) is 0 Å². The summed E-state index contributed by atoms with van der Waals surface area (Å²) in [5.41, 5.74) is 1.08. The smallest absolute Gasteiger partial charge is 0.177 e. The van der Waals surface area contributed by atoms with Gasteiger partial charge in [0.05, 0.1) is 13.1 Å². The Hall–Kier alpha value is -2.36. The van der Waals surface area contributed by atoms with Crippen molar-refractivity contribution in [3.05, 3.63) is 91.9 Å². The van der Waals surface area contributed by atoms with Crippen molar-refractivity contribution in [1.82, 2.24) is 19.6 Å². The second-order valence-electron chi connectivity index (χ2n) is 6.90. The molecular formula is C21H15Cl4FN6S. The highest BCUT2D eigenvalue weighted by atomic mass is 35.5. The zero-order valence-corrected chi connectivity index (χ0v) is 20.5. The summed E-state index contributed by atoms with van der Waals surface area (Å²) in [4.78, 5) is 0. The second kappa shape index (κ2) is 10.3. The Labute approximate surface area is 214 Å². The van der Waals surface area contributed by atoms with Crippen LogP contribution in [0.25, 0.3) is 0 Å². The fraction of sp³-hybridized carbons (Fsp3) is 0.0952. The molecule has 0 amide bonds. The van der Waals surface area contributed by atoms with Crippen LogP contribution in [0.5, 0.6) is 0 Å². The van der Waals surface area contributed by atoms with Crippen molar-refractivity contribution in [1.29, 1.82) is 0 Å². The number of halogens is 5. The Bertz CT molecular complexity index is 1280. The van der Waals surface area contributed by atoms with E-state index in [4.69, 9.17) is 58.6 Å². The number of nitrogens with one attached hydrogen (secondary N) is 2. The molecule has 2 aromatic heterocycles. The number of thiocarbonyl (C=S) groups is 1. The van der Waals surface area contributed by atoms with E-state index in [1.807, 2.05) is 0 Å². The summed E-state index contributed by atoms with van der Waals surface area (Å²) in [7, 11) is 0. The third-order valence-electron chi connectivity index (χ3n) is 4.59. The van der Waals surface area contributed by atoms with Gasteiger partial charge >= 0.3 is 0 Å². The van der Waals surface area contributed by atoms with Gasteiger partial charge in [0, 0.05) is 44.7 Å². The van der Waals surface area contributed by atoms with Crippen LogP contribution in [0.15, 0.2) is 54.9 Å². The molecule has 4 rings (SSSR count). The molecule has 0 aliphatic rings. The number of anilines is 2. The summed E-state index contributed by atoms with van der Waals surface area (Å²) in [6.45, 7) is 0.511. The van der Waals surface area contributed by atoms with E-state index in [1.165, 1.54) is 6.07 Å². The maximum atomic E-state index is 14.0. The standard InChI is InChI=1S/C21H15Cl4FN6S/c22-14-3-1-4-15(23)12(14)9-32-11-17(25)20(30-32)28-21(33)27-19-7-8-31(29-19)10-13-16(24)5-2-6-18(13)26/h1-8,11H,9-10H2,(H2,27,28,29,30,33). The van der Waals surface area contributed by atoms with E-state index >= 15 is 0 Å². The quantitative estimate of drug-likeness (QED) is 0.264. The first-order chi connectivity index (χ1) is 15.8. The Morgan fingerprint density at radius 1 is 0.818 bits per heavy atom. The first-order valence-electron chi connectivity index (χ1n) is 9.50. The van der Waals surface area contributed by atoms with Gasteiger partial charge in [0.2, 0.25) is 0 Å². The molecule has 0 fully saturated rings. The number of nitrogens with zero attached hydrogens (tertiary/aromatic N) is 4. The minimum absolute atomic E-state index is 0.175. The van der Waals surface area contributed by atoms with Gasteiger partial charge in [-0.25, -0.2) is 4.39 Å². The second-order valence-corrected chi connectivity index (χ2v) is 8.94. The molecule has 33 heavy (non-hydrogen) atoms. The predicted octanol–water partition coefficient (Wildman–Crippen LogP) is 6.74. The molecule has 6 nitrogen and oxygen atoms in total. The molecule has 0 unspecified atom stereocenters. The van der Waals surface area contributed by atoms with Crippen LogP contribution in [0.2, 0.25) is 20.1 Å². The molecule has 0 aliphatic carbocycles. The molecule has 2 N–H and O–H groups in total. The normalized spacial score (nSPS) is 10.9. The molecule has 0 saturated heterocycles. The minimum Gasteiger partial charge on any atom is -0.316 e. The predicted molar refractivity (Wildman–Crippen MR) is 135 cm³/mol. The Balaban J connectivity index is 1.40. The number of aromatic nitrogens is 4.